The third-order valence-electron chi connectivity index (χ3n) is 3.13. The van der Waals surface area contributed by atoms with Crippen LogP contribution >= 0.6 is 0 Å². The molecule has 0 spiro atoms. The number of hydrogen-bond acceptors (Lipinski definition) is 5. The van der Waals surface area contributed by atoms with Crippen LogP contribution in [0.5, 0.6) is 17.2 Å². The zero-order valence-electron chi connectivity index (χ0n) is 12.7. The first kappa shape index (κ1) is 16.2. The monoisotopic (exact) mass is 322 g/mol. The van der Waals surface area contributed by atoms with Gasteiger partial charge < -0.3 is 14.2 Å². The highest BCUT2D eigenvalue weighted by Gasteiger charge is 2.08. The van der Waals surface area contributed by atoms with Crippen molar-refractivity contribution in [2.24, 2.45) is 0 Å². The molecule has 0 heterocycles. The highest BCUT2D eigenvalue weighted by atomic mass is 32.2. The molecule has 0 saturated carbocycles. The van der Waals surface area contributed by atoms with E-state index in [1.165, 1.54) is 18.4 Å². The molecule has 0 aromatic heterocycles. The summed E-state index contributed by atoms with van der Waals surface area (Å²) in [5.41, 5.74) is 0.842. The van der Waals surface area contributed by atoms with E-state index in [0.29, 0.717) is 23.9 Å². The van der Waals surface area contributed by atoms with Crippen molar-refractivity contribution in [1.29, 1.82) is 0 Å². The second kappa shape index (κ2) is 6.70. The molecule has 0 aliphatic carbocycles. The fourth-order valence-electron chi connectivity index (χ4n) is 1.94. The van der Waals surface area contributed by atoms with Crippen LogP contribution in [0.4, 0.5) is 0 Å². The first-order valence-electron chi connectivity index (χ1n) is 6.58. The van der Waals surface area contributed by atoms with Crippen LogP contribution in [0.3, 0.4) is 0 Å². The quantitative estimate of drug-likeness (QED) is 0.818. The molecule has 0 unspecified atom stereocenters. The van der Waals surface area contributed by atoms with Crippen LogP contribution in [0, 0.1) is 0 Å². The summed E-state index contributed by atoms with van der Waals surface area (Å²) in [5, 5.41) is 0. The van der Waals surface area contributed by atoms with Crippen LogP contribution in [0.15, 0.2) is 47.4 Å². The van der Waals surface area contributed by atoms with E-state index in [1.54, 1.807) is 26.4 Å². The molecule has 5 nitrogen and oxygen atoms in total. The zero-order valence-corrected chi connectivity index (χ0v) is 13.5. The molecule has 0 saturated heterocycles. The Labute approximate surface area is 130 Å². The fraction of sp³-hybridized carbons (Fsp3) is 0.250. The van der Waals surface area contributed by atoms with Gasteiger partial charge in [0.25, 0.3) is 0 Å². The summed E-state index contributed by atoms with van der Waals surface area (Å²) in [4.78, 5) is 0.263. The predicted molar refractivity (Wildman–Crippen MR) is 83.4 cm³/mol. The number of sulfone groups is 1. The van der Waals surface area contributed by atoms with E-state index >= 15 is 0 Å². The molecular weight excluding hydrogens is 304 g/mol. The Morgan fingerprint density at radius 2 is 1.55 bits per heavy atom. The van der Waals surface area contributed by atoms with Crippen molar-refractivity contribution < 1.29 is 22.6 Å². The average Bonchev–Trinajstić information content (AvgIpc) is 2.52. The fourth-order valence-corrected chi connectivity index (χ4v) is 2.57. The van der Waals surface area contributed by atoms with Crippen LogP contribution in [0.1, 0.15) is 5.56 Å². The van der Waals surface area contributed by atoms with Crippen molar-refractivity contribution in [3.63, 3.8) is 0 Å². The molecule has 0 radical (unpaired) electrons. The van der Waals surface area contributed by atoms with Gasteiger partial charge in [-0.25, -0.2) is 8.42 Å². The Bertz CT molecular complexity index is 736. The van der Waals surface area contributed by atoms with Gasteiger partial charge in [-0.2, -0.15) is 0 Å². The van der Waals surface area contributed by atoms with Crippen molar-refractivity contribution in [3.8, 4) is 17.2 Å². The van der Waals surface area contributed by atoms with Gasteiger partial charge in [-0.15, -0.1) is 0 Å². The van der Waals surface area contributed by atoms with E-state index in [-0.39, 0.29) is 4.90 Å². The lowest BCUT2D eigenvalue weighted by Crippen LogP contribution is -2.00. The predicted octanol–water partition coefficient (Wildman–Crippen LogP) is 2.69. The molecular formula is C16H18O5S. The Morgan fingerprint density at radius 3 is 2.09 bits per heavy atom. The van der Waals surface area contributed by atoms with E-state index in [9.17, 15) is 8.42 Å². The molecule has 0 aliphatic rings. The minimum atomic E-state index is -3.20. The molecule has 6 heteroatoms. The lowest BCUT2D eigenvalue weighted by molar-refractivity contribution is 0.295. The number of methoxy groups -OCH3 is 2. The van der Waals surface area contributed by atoms with Crippen LogP contribution in [-0.4, -0.2) is 28.9 Å². The van der Waals surface area contributed by atoms with Gasteiger partial charge in [-0.05, 0) is 42.5 Å². The van der Waals surface area contributed by atoms with Crippen LogP contribution in [-0.2, 0) is 16.4 Å². The maximum Gasteiger partial charge on any atom is 0.175 e. The van der Waals surface area contributed by atoms with Gasteiger partial charge in [-0.3, -0.25) is 0 Å². The lowest BCUT2D eigenvalue weighted by atomic mass is 10.2. The third-order valence-corrected chi connectivity index (χ3v) is 4.26. The third kappa shape index (κ3) is 3.92. The average molecular weight is 322 g/mol. The van der Waals surface area contributed by atoms with Gasteiger partial charge in [0.05, 0.1) is 19.1 Å². The number of rotatable bonds is 6. The minimum absolute atomic E-state index is 0.263. The van der Waals surface area contributed by atoms with Gasteiger partial charge in [0.15, 0.2) is 9.84 Å². The molecule has 2 rings (SSSR count). The Kier molecular flexibility index (Phi) is 4.92. The summed E-state index contributed by atoms with van der Waals surface area (Å²) in [6, 6.07) is 11.8. The standard InChI is InChI=1S/C16H18O5S/c1-19-14-6-9-16(20-2)12(10-14)11-21-13-4-7-15(8-5-13)22(3,17)18/h4-10H,11H2,1-3H3. The molecule has 0 amide bonds. The van der Waals surface area contributed by atoms with E-state index in [1.807, 2.05) is 18.2 Å². The molecule has 22 heavy (non-hydrogen) atoms. The molecule has 0 fully saturated rings. The lowest BCUT2D eigenvalue weighted by Gasteiger charge is -2.12. The van der Waals surface area contributed by atoms with Crippen LogP contribution < -0.4 is 14.2 Å². The summed E-state index contributed by atoms with van der Waals surface area (Å²) < 4.78 is 38.9. The largest absolute Gasteiger partial charge is 0.497 e. The molecule has 2 aromatic carbocycles. The summed E-state index contributed by atoms with van der Waals surface area (Å²) in [6.45, 7) is 0.290. The second-order valence-corrected chi connectivity index (χ2v) is 6.73. The van der Waals surface area contributed by atoms with E-state index < -0.39 is 9.84 Å². The summed E-state index contributed by atoms with van der Waals surface area (Å²) in [5.74, 6) is 2.00. The molecule has 2 aromatic rings. The highest BCUT2D eigenvalue weighted by Crippen LogP contribution is 2.25. The van der Waals surface area contributed by atoms with Gasteiger partial charge >= 0.3 is 0 Å². The summed E-state index contributed by atoms with van der Waals surface area (Å²) in [6.07, 6.45) is 1.17. The maximum absolute atomic E-state index is 11.4. The van der Waals surface area contributed by atoms with Gasteiger partial charge in [-0.1, -0.05) is 0 Å². The van der Waals surface area contributed by atoms with Gasteiger partial charge in [0, 0.05) is 11.8 Å². The van der Waals surface area contributed by atoms with Crippen LogP contribution in [0.2, 0.25) is 0 Å². The highest BCUT2D eigenvalue weighted by molar-refractivity contribution is 7.90. The van der Waals surface area contributed by atoms with E-state index in [4.69, 9.17) is 14.2 Å². The first-order valence-corrected chi connectivity index (χ1v) is 8.47. The van der Waals surface area contributed by atoms with Crippen molar-refractivity contribution in [1.82, 2.24) is 0 Å². The molecule has 0 atom stereocenters. The number of ether oxygens (including phenoxy) is 3. The Hall–Kier alpha value is -2.21. The van der Waals surface area contributed by atoms with Crippen LogP contribution in [0.25, 0.3) is 0 Å². The number of benzene rings is 2. The second-order valence-electron chi connectivity index (χ2n) is 4.71. The van der Waals surface area contributed by atoms with Crippen molar-refractivity contribution in [3.05, 3.63) is 48.0 Å². The summed E-state index contributed by atoms with van der Waals surface area (Å²) in [7, 11) is -0.0153. The van der Waals surface area contributed by atoms with Crippen molar-refractivity contribution >= 4 is 9.84 Å². The van der Waals surface area contributed by atoms with E-state index in [2.05, 4.69) is 0 Å². The van der Waals surface area contributed by atoms with Gasteiger partial charge in [0.1, 0.15) is 23.9 Å². The first-order chi connectivity index (χ1) is 10.4. The Morgan fingerprint density at radius 1 is 0.909 bits per heavy atom. The zero-order chi connectivity index (χ0) is 16.2. The maximum atomic E-state index is 11.4. The summed E-state index contributed by atoms with van der Waals surface area (Å²) >= 11 is 0. The Balaban J connectivity index is 2.13. The van der Waals surface area contributed by atoms with E-state index in [0.717, 1.165) is 5.56 Å². The molecule has 118 valence electrons. The normalized spacial score (nSPS) is 11.0. The molecule has 0 N–H and O–H groups in total. The molecule has 0 bridgehead atoms. The molecule has 0 aliphatic heterocycles. The minimum Gasteiger partial charge on any atom is -0.497 e. The number of hydrogen-bond donors (Lipinski definition) is 0. The van der Waals surface area contributed by atoms with Crippen molar-refractivity contribution in [2.75, 3.05) is 20.5 Å². The van der Waals surface area contributed by atoms with Gasteiger partial charge in [0.2, 0.25) is 0 Å². The SMILES string of the molecule is COc1ccc(OC)c(COc2ccc(S(C)(=O)=O)cc2)c1. The smallest absolute Gasteiger partial charge is 0.175 e. The van der Waals surface area contributed by atoms with Crippen molar-refractivity contribution in [2.45, 2.75) is 11.5 Å². The topological polar surface area (TPSA) is 61.8 Å².